The SMILES string of the molecule is CN=C(NCc1cccc(F)c1)NCc1cccnc1OCC(F)(F)F. The smallest absolute Gasteiger partial charge is 0.422 e. The highest BCUT2D eigenvalue weighted by Crippen LogP contribution is 2.19. The number of alkyl halides is 3. The van der Waals surface area contributed by atoms with Crippen LogP contribution >= 0.6 is 0 Å². The summed E-state index contributed by atoms with van der Waals surface area (Å²) < 4.78 is 54.8. The molecule has 0 radical (unpaired) electrons. The van der Waals surface area contributed by atoms with Crippen molar-refractivity contribution in [2.24, 2.45) is 4.99 Å². The molecule has 0 atom stereocenters. The Kier molecular flexibility index (Phi) is 6.76. The number of pyridine rings is 1. The third kappa shape index (κ3) is 6.58. The second-order valence-electron chi connectivity index (χ2n) is 5.28. The van der Waals surface area contributed by atoms with Crippen molar-refractivity contribution in [3.05, 3.63) is 59.5 Å². The van der Waals surface area contributed by atoms with Crippen LogP contribution in [-0.4, -0.2) is 30.8 Å². The molecule has 1 aromatic carbocycles. The number of halogens is 4. The zero-order valence-corrected chi connectivity index (χ0v) is 14.0. The van der Waals surface area contributed by atoms with E-state index in [1.807, 2.05) is 0 Å². The number of ether oxygens (including phenoxy) is 1. The monoisotopic (exact) mass is 370 g/mol. The van der Waals surface area contributed by atoms with Gasteiger partial charge in [0.15, 0.2) is 12.6 Å². The Morgan fingerprint density at radius 1 is 1.15 bits per heavy atom. The van der Waals surface area contributed by atoms with Crippen LogP contribution in [-0.2, 0) is 13.1 Å². The highest BCUT2D eigenvalue weighted by atomic mass is 19.4. The molecule has 0 aliphatic carbocycles. The fourth-order valence-corrected chi connectivity index (χ4v) is 2.07. The minimum atomic E-state index is -4.44. The predicted octanol–water partition coefficient (Wildman–Crippen LogP) is 3.03. The van der Waals surface area contributed by atoms with Crippen molar-refractivity contribution < 1.29 is 22.3 Å². The summed E-state index contributed by atoms with van der Waals surface area (Å²) in [6.45, 7) is -0.921. The van der Waals surface area contributed by atoms with E-state index in [1.165, 1.54) is 18.3 Å². The van der Waals surface area contributed by atoms with Crippen molar-refractivity contribution in [1.29, 1.82) is 0 Å². The standard InChI is InChI=1S/C17H18F4N4O/c1-22-16(24-9-12-4-2-6-14(18)8-12)25-10-13-5-3-7-23-15(13)26-11-17(19,20)21/h2-8H,9-11H2,1H3,(H2,22,24,25). The molecule has 0 aliphatic heterocycles. The second kappa shape index (κ2) is 9.02. The lowest BCUT2D eigenvalue weighted by molar-refractivity contribution is -0.154. The Balaban J connectivity index is 1.92. The van der Waals surface area contributed by atoms with Crippen LogP contribution in [0.5, 0.6) is 5.88 Å². The number of nitrogens with zero attached hydrogens (tertiary/aromatic N) is 2. The number of aliphatic imine (C=N–C) groups is 1. The summed E-state index contributed by atoms with van der Waals surface area (Å²) >= 11 is 0. The van der Waals surface area contributed by atoms with Crippen LogP contribution in [0.15, 0.2) is 47.6 Å². The maximum absolute atomic E-state index is 13.2. The number of aromatic nitrogens is 1. The molecule has 2 rings (SSSR count). The molecule has 1 aromatic heterocycles. The molecule has 140 valence electrons. The summed E-state index contributed by atoms with van der Waals surface area (Å²) in [7, 11) is 1.55. The molecule has 0 saturated heterocycles. The molecule has 1 heterocycles. The van der Waals surface area contributed by atoms with Gasteiger partial charge in [-0.3, -0.25) is 4.99 Å². The van der Waals surface area contributed by atoms with Crippen LogP contribution in [0.25, 0.3) is 0 Å². The van der Waals surface area contributed by atoms with Gasteiger partial charge in [-0.15, -0.1) is 0 Å². The number of guanidine groups is 1. The topological polar surface area (TPSA) is 58.5 Å². The lowest BCUT2D eigenvalue weighted by Gasteiger charge is -2.15. The molecule has 0 unspecified atom stereocenters. The number of rotatable bonds is 6. The number of benzene rings is 1. The number of hydrogen-bond acceptors (Lipinski definition) is 3. The molecule has 0 bridgehead atoms. The quantitative estimate of drug-likeness (QED) is 0.466. The van der Waals surface area contributed by atoms with Crippen LogP contribution in [0.4, 0.5) is 17.6 Å². The van der Waals surface area contributed by atoms with E-state index < -0.39 is 12.8 Å². The predicted molar refractivity (Wildman–Crippen MR) is 89.2 cm³/mol. The van der Waals surface area contributed by atoms with E-state index in [2.05, 4.69) is 20.6 Å². The zero-order chi connectivity index (χ0) is 19.0. The van der Waals surface area contributed by atoms with Gasteiger partial charge in [-0.05, 0) is 23.8 Å². The van der Waals surface area contributed by atoms with Crippen molar-refractivity contribution in [3.63, 3.8) is 0 Å². The van der Waals surface area contributed by atoms with E-state index in [0.29, 0.717) is 18.1 Å². The number of hydrogen-bond donors (Lipinski definition) is 2. The van der Waals surface area contributed by atoms with Gasteiger partial charge < -0.3 is 15.4 Å². The largest absolute Gasteiger partial charge is 0.468 e. The molecule has 9 heteroatoms. The van der Waals surface area contributed by atoms with Gasteiger partial charge in [0, 0.05) is 31.9 Å². The van der Waals surface area contributed by atoms with Crippen LogP contribution in [0.3, 0.4) is 0 Å². The molecule has 0 aliphatic rings. The number of nitrogens with one attached hydrogen (secondary N) is 2. The summed E-state index contributed by atoms with van der Waals surface area (Å²) in [4.78, 5) is 7.84. The molecule has 0 spiro atoms. The first kappa shape index (κ1) is 19.5. The lowest BCUT2D eigenvalue weighted by Crippen LogP contribution is -2.36. The molecular formula is C17H18F4N4O. The normalized spacial score (nSPS) is 12.0. The molecule has 2 N–H and O–H groups in total. The van der Waals surface area contributed by atoms with Crippen molar-refractivity contribution >= 4 is 5.96 Å². The second-order valence-corrected chi connectivity index (χ2v) is 5.28. The molecule has 0 saturated carbocycles. The zero-order valence-electron chi connectivity index (χ0n) is 14.0. The van der Waals surface area contributed by atoms with Gasteiger partial charge in [0.1, 0.15) is 5.82 Å². The Labute approximate surface area is 148 Å². The van der Waals surface area contributed by atoms with Crippen molar-refractivity contribution in [3.8, 4) is 5.88 Å². The average molecular weight is 370 g/mol. The molecule has 5 nitrogen and oxygen atoms in total. The van der Waals surface area contributed by atoms with Gasteiger partial charge in [0.05, 0.1) is 0 Å². The molecule has 0 amide bonds. The summed E-state index contributed by atoms with van der Waals surface area (Å²) in [5, 5.41) is 5.94. The maximum Gasteiger partial charge on any atom is 0.422 e. The van der Waals surface area contributed by atoms with E-state index in [-0.39, 0.29) is 18.2 Å². The summed E-state index contributed by atoms with van der Waals surface area (Å²) in [5.74, 6) is -0.0353. The van der Waals surface area contributed by atoms with E-state index in [0.717, 1.165) is 5.56 Å². The highest BCUT2D eigenvalue weighted by Gasteiger charge is 2.29. The Morgan fingerprint density at radius 3 is 2.62 bits per heavy atom. The van der Waals surface area contributed by atoms with Gasteiger partial charge >= 0.3 is 6.18 Å². The van der Waals surface area contributed by atoms with Crippen molar-refractivity contribution in [1.82, 2.24) is 15.6 Å². The minimum absolute atomic E-state index is 0.0992. The summed E-state index contributed by atoms with van der Waals surface area (Å²) in [6, 6.07) is 9.30. The molecule has 26 heavy (non-hydrogen) atoms. The first-order valence-corrected chi connectivity index (χ1v) is 7.70. The van der Waals surface area contributed by atoms with Crippen molar-refractivity contribution in [2.75, 3.05) is 13.7 Å². The molecular weight excluding hydrogens is 352 g/mol. The van der Waals surface area contributed by atoms with E-state index in [1.54, 1.807) is 31.3 Å². The Bertz CT molecular complexity index is 750. The third-order valence-corrected chi connectivity index (χ3v) is 3.24. The van der Waals surface area contributed by atoms with Crippen LogP contribution < -0.4 is 15.4 Å². The summed E-state index contributed by atoms with van der Waals surface area (Å²) in [5.41, 5.74) is 1.17. The average Bonchev–Trinajstić information content (AvgIpc) is 2.60. The summed E-state index contributed by atoms with van der Waals surface area (Å²) in [6.07, 6.45) is -3.09. The fraction of sp³-hybridized carbons (Fsp3) is 0.294. The van der Waals surface area contributed by atoms with Gasteiger partial charge in [-0.1, -0.05) is 18.2 Å². The third-order valence-electron chi connectivity index (χ3n) is 3.24. The molecule has 2 aromatic rings. The van der Waals surface area contributed by atoms with Crippen LogP contribution in [0, 0.1) is 5.82 Å². The first-order valence-electron chi connectivity index (χ1n) is 7.70. The van der Waals surface area contributed by atoms with E-state index in [4.69, 9.17) is 4.74 Å². The van der Waals surface area contributed by atoms with Crippen LogP contribution in [0.1, 0.15) is 11.1 Å². The Morgan fingerprint density at radius 2 is 1.92 bits per heavy atom. The van der Waals surface area contributed by atoms with E-state index in [9.17, 15) is 17.6 Å². The van der Waals surface area contributed by atoms with Crippen molar-refractivity contribution in [2.45, 2.75) is 19.3 Å². The van der Waals surface area contributed by atoms with Gasteiger partial charge in [0.25, 0.3) is 0 Å². The maximum atomic E-state index is 13.2. The fourth-order valence-electron chi connectivity index (χ4n) is 2.07. The van der Waals surface area contributed by atoms with Gasteiger partial charge in [0.2, 0.25) is 5.88 Å². The highest BCUT2D eigenvalue weighted by molar-refractivity contribution is 5.79. The van der Waals surface area contributed by atoms with Gasteiger partial charge in [-0.2, -0.15) is 13.2 Å². The lowest BCUT2D eigenvalue weighted by atomic mass is 10.2. The minimum Gasteiger partial charge on any atom is -0.468 e. The molecule has 0 fully saturated rings. The van der Waals surface area contributed by atoms with Crippen LogP contribution in [0.2, 0.25) is 0 Å². The van der Waals surface area contributed by atoms with E-state index >= 15 is 0 Å². The van der Waals surface area contributed by atoms with Gasteiger partial charge in [-0.25, -0.2) is 9.37 Å². The Hall–Kier alpha value is -2.84. The first-order chi connectivity index (χ1) is 12.4.